The van der Waals surface area contributed by atoms with Crippen molar-refractivity contribution < 1.29 is 19.1 Å². The van der Waals surface area contributed by atoms with Crippen molar-refractivity contribution in [2.24, 2.45) is 5.73 Å². The summed E-state index contributed by atoms with van der Waals surface area (Å²) in [5, 5.41) is 0. The molecule has 0 radical (unpaired) electrons. The smallest absolute Gasteiger partial charge is 0.315 e. The van der Waals surface area contributed by atoms with Crippen molar-refractivity contribution in [3.05, 3.63) is 0 Å². The summed E-state index contributed by atoms with van der Waals surface area (Å²) < 4.78 is 9.66. The third-order valence-corrected chi connectivity index (χ3v) is 1.87. The lowest BCUT2D eigenvalue weighted by molar-refractivity contribution is -0.131. The second-order valence-electron chi connectivity index (χ2n) is 2.69. The van der Waals surface area contributed by atoms with E-state index < -0.39 is 6.03 Å². The van der Waals surface area contributed by atoms with Crippen molar-refractivity contribution in [3.63, 3.8) is 0 Å². The molecule has 1 saturated heterocycles. The van der Waals surface area contributed by atoms with Gasteiger partial charge < -0.3 is 20.1 Å². The maximum atomic E-state index is 10.9. The molecular weight excluding hydrogens is 176 g/mol. The Labute approximate surface area is 75.6 Å². The maximum Gasteiger partial charge on any atom is 0.315 e. The molecule has 0 spiro atoms. The SMILES string of the molecule is NC(=O)N1CCOCC1COC=O. The van der Waals surface area contributed by atoms with Crippen LogP contribution in [0.2, 0.25) is 0 Å². The average Bonchev–Trinajstić information content (AvgIpc) is 2.15. The number of nitrogens with zero attached hydrogens (tertiary/aromatic N) is 1. The van der Waals surface area contributed by atoms with Crippen molar-refractivity contribution >= 4 is 12.5 Å². The van der Waals surface area contributed by atoms with Crippen LogP contribution in [0.15, 0.2) is 0 Å². The first-order valence-electron chi connectivity index (χ1n) is 3.94. The maximum absolute atomic E-state index is 10.9. The van der Waals surface area contributed by atoms with Gasteiger partial charge in [-0.3, -0.25) is 4.79 Å². The van der Waals surface area contributed by atoms with E-state index in [1.807, 2.05) is 0 Å². The van der Waals surface area contributed by atoms with Gasteiger partial charge in [0.2, 0.25) is 0 Å². The minimum atomic E-state index is -0.511. The topological polar surface area (TPSA) is 81.9 Å². The largest absolute Gasteiger partial charge is 0.466 e. The van der Waals surface area contributed by atoms with Gasteiger partial charge in [-0.05, 0) is 0 Å². The van der Waals surface area contributed by atoms with Crippen LogP contribution in [0.4, 0.5) is 4.79 Å². The molecule has 0 aromatic carbocycles. The molecule has 1 rings (SSSR count). The summed E-state index contributed by atoms with van der Waals surface area (Å²) in [7, 11) is 0. The molecule has 0 aliphatic carbocycles. The molecule has 1 atom stereocenters. The lowest BCUT2D eigenvalue weighted by atomic mass is 10.2. The quantitative estimate of drug-likeness (QED) is 0.572. The zero-order chi connectivity index (χ0) is 9.68. The Bertz CT molecular complexity index is 197. The predicted molar refractivity (Wildman–Crippen MR) is 42.9 cm³/mol. The Kier molecular flexibility index (Phi) is 3.51. The minimum Gasteiger partial charge on any atom is -0.466 e. The summed E-state index contributed by atoms with van der Waals surface area (Å²) in [6.45, 7) is 1.75. The molecule has 1 heterocycles. The van der Waals surface area contributed by atoms with E-state index in [1.54, 1.807) is 0 Å². The summed E-state index contributed by atoms with van der Waals surface area (Å²) in [6.07, 6.45) is 0. The second-order valence-corrected chi connectivity index (χ2v) is 2.69. The van der Waals surface area contributed by atoms with Crippen LogP contribution in [0.5, 0.6) is 0 Å². The number of carbonyl (C=O) groups is 2. The van der Waals surface area contributed by atoms with Crippen molar-refractivity contribution in [3.8, 4) is 0 Å². The molecule has 74 valence electrons. The van der Waals surface area contributed by atoms with Crippen molar-refractivity contribution in [2.75, 3.05) is 26.4 Å². The second kappa shape index (κ2) is 4.66. The first-order chi connectivity index (χ1) is 6.25. The number of amides is 2. The lowest BCUT2D eigenvalue weighted by Crippen LogP contribution is -2.52. The van der Waals surface area contributed by atoms with Crippen LogP contribution < -0.4 is 5.73 Å². The van der Waals surface area contributed by atoms with Crippen LogP contribution in [0.1, 0.15) is 0 Å². The molecule has 1 aliphatic heterocycles. The van der Waals surface area contributed by atoms with E-state index >= 15 is 0 Å². The van der Waals surface area contributed by atoms with Crippen molar-refractivity contribution in [1.29, 1.82) is 0 Å². The van der Waals surface area contributed by atoms with E-state index in [2.05, 4.69) is 4.74 Å². The molecular formula is C7H12N2O4. The van der Waals surface area contributed by atoms with Crippen LogP contribution in [-0.4, -0.2) is 49.8 Å². The summed E-state index contributed by atoms with van der Waals surface area (Å²) in [5.74, 6) is 0. The van der Waals surface area contributed by atoms with Gasteiger partial charge in [-0.15, -0.1) is 0 Å². The molecule has 0 aromatic heterocycles. The summed E-state index contributed by atoms with van der Waals surface area (Å²) in [6, 6.07) is -0.765. The number of primary amides is 1. The van der Waals surface area contributed by atoms with Gasteiger partial charge in [0.15, 0.2) is 0 Å². The fraction of sp³-hybridized carbons (Fsp3) is 0.714. The molecule has 1 aliphatic rings. The third kappa shape index (κ3) is 2.59. The Morgan fingerprint density at radius 2 is 2.54 bits per heavy atom. The fourth-order valence-corrected chi connectivity index (χ4v) is 1.23. The number of ether oxygens (including phenoxy) is 2. The van der Waals surface area contributed by atoms with Crippen LogP contribution in [0.25, 0.3) is 0 Å². The zero-order valence-corrected chi connectivity index (χ0v) is 7.14. The van der Waals surface area contributed by atoms with E-state index in [0.717, 1.165) is 0 Å². The molecule has 13 heavy (non-hydrogen) atoms. The number of morpholine rings is 1. The van der Waals surface area contributed by atoms with Gasteiger partial charge in [0.25, 0.3) is 6.47 Å². The summed E-state index contributed by atoms with van der Waals surface area (Å²) in [5.41, 5.74) is 5.12. The van der Waals surface area contributed by atoms with Gasteiger partial charge in [0.1, 0.15) is 6.61 Å². The molecule has 0 bridgehead atoms. The standard InChI is InChI=1S/C7H12N2O4/c8-7(11)9-1-2-12-3-6(9)4-13-5-10/h5-6H,1-4H2,(H2,8,11). The fourth-order valence-electron chi connectivity index (χ4n) is 1.23. The number of nitrogens with two attached hydrogens (primary N) is 1. The van der Waals surface area contributed by atoms with Crippen LogP contribution in [0.3, 0.4) is 0 Å². The van der Waals surface area contributed by atoms with Crippen molar-refractivity contribution in [2.45, 2.75) is 6.04 Å². The van der Waals surface area contributed by atoms with Gasteiger partial charge in [0, 0.05) is 6.54 Å². The highest BCUT2D eigenvalue weighted by molar-refractivity contribution is 5.72. The van der Waals surface area contributed by atoms with Crippen LogP contribution in [0, 0.1) is 0 Å². The van der Waals surface area contributed by atoms with E-state index in [1.165, 1.54) is 4.90 Å². The number of hydrogen-bond acceptors (Lipinski definition) is 4. The van der Waals surface area contributed by atoms with Crippen molar-refractivity contribution in [1.82, 2.24) is 4.90 Å². The first-order valence-corrected chi connectivity index (χ1v) is 3.94. The van der Waals surface area contributed by atoms with E-state index in [4.69, 9.17) is 10.5 Å². The van der Waals surface area contributed by atoms with E-state index in [-0.39, 0.29) is 12.6 Å². The van der Waals surface area contributed by atoms with Crippen LogP contribution in [-0.2, 0) is 14.3 Å². The number of rotatable bonds is 3. The number of urea groups is 1. The highest BCUT2D eigenvalue weighted by atomic mass is 16.5. The lowest BCUT2D eigenvalue weighted by Gasteiger charge is -2.33. The molecule has 1 fully saturated rings. The zero-order valence-electron chi connectivity index (χ0n) is 7.14. The summed E-state index contributed by atoms with van der Waals surface area (Å²) in [4.78, 5) is 22.2. The summed E-state index contributed by atoms with van der Waals surface area (Å²) >= 11 is 0. The molecule has 1 unspecified atom stereocenters. The van der Waals surface area contributed by atoms with E-state index in [9.17, 15) is 9.59 Å². The molecule has 6 nitrogen and oxygen atoms in total. The molecule has 6 heteroatoms. The van der Waals surface area contributed by atoms with Crippen LogP contribution >= 0.6 is 0 Å². The molecule has 2 N–H and O–H groups in total. The number of hydrogen-bond donors (Lipinski definition) is 1. The van der Waals surface area contributed by atoms with Gasteiger partial charge in [-0.1, -0.05) is 0 Å². The van der Waals surface area contributed by atoms with Gasteiger partial charge in [-0.2, -0.15) is 0 Å². The molecule has 0 saturated carbocycles. The van der Waals surface area contributed by atoms with Gasteiger partial charge in [0.05, 0.1) is 19.3 Å². The molecule has 2 amide bonds. The monoisotopic (exact) mass is 188 g/mol. The number of carbonyl (C=O) groups excluding carboxylic acids is 2. The van der Waals surface area contributed by atoms with Gasteiger partial charge in [-0.25, -0.2) is 4.79 Å². The Hall–Kier alpha value is -1.30. The van der Waals surface area contributed by atoms with Gasteiger partial charge >= 0.3 is 6.03 Å². The molecule has 0 aromatic rings. The highest BCUT2D eigenvalue weighted by Gasteiger charge is 2.25. The minimum absolute atomic E-state index is 0.131. The first kappa shape index (κ1) is 9.79. The highest BCUT2D eigenvalue weighted by Crippen LogP contribution is 2.06. The Morgan fingerprint density at radius 3 is 3.15 bits per heavy atom. The normalized spacial score (nSPS) is 22.5. The predicted octanol–water partition coefficient (Wildman–Crippen LogP) is -1.06. The average molecular weight is 188 g/mol. The third-order valence-electron chi connectivity index (χ3n) is 1.87. The van der Waals surface area contributed by atoms with E-state index in [0.29, 0.717) is 26.2 Å². The Morgan fingerprint density at radius 1 is 1.77 bits per heavy atom. The Balaban J connectivity index is 2.46.